The molecule has 0 radical (unpaired) electrons. The Morgan fingerprint density at radius 2 is 1.88 bits per heavy atom. The van der Waals surface area contributed by atoms with Gasteiger partial charge in [-0.15, -0.1) is 11.3 Å². The minimum absolute atomic E-state index is 0.305. The van der Waals surface area contributed by atoms with Crippen LogP contribution >= 0.6 is 22.9 Å². The lowest BCUT2D eigenvalue weighted by Crippen LogP contribution is -2.42. The van der Waals surface area contributed by atoms with Gasteiger partial charge in [0.2, 0.25) is 15.2 Å². The summed E-state index contributed by atoms with van der Waals surface area (Å²) in [5.74, 6) is 0.717. The van der Waals surface area contributed by atoms with Gasteiger partial charge in [-0.25, -0.2) is 13.4 Å². The van der Waals surface area contributed by atoms with Crippen LogP contribution in [0.4, 0.5) is 5.13 Å². The van der Waals surface area contributed by atoms with Gasteiger partial charge in [0, 0.05) is 29.1 Å². The number of nitrogens with zero attached hydrogens (tertiary/aromatic N) is 3. The van der Waals surface area contributed by atoms with E-state index in [4.69, 9.17) is 11.6 Å². The van der Waals surface area contributed by atoms with Crippen molar-refractivity contribution < 1.29 is 8.42 Å². The van der Waals surface area contributed by atoms with Crippen LogP contribution in [-0.2, 0) is 10.0 Å². The van der Waals surface area contributed by atoms with Crippen LogP contribution in [0.5, 0.6) is 0 Å². The molecule has 32 heavy (non-hydrogen) atoms. The number of rotatable bonds is 6. The Hall–Kier alpha value is -2.26. The van der Waals surface area contributed by atoms with Crippen LogP contribution in [0.3, 0.4) is 0 Å². The standard InChI is InChI=1S/C23H25ClN4O2S2/c1-16-10-17(2)14-28(13-16)32(29,30)21-5-3-4-19(11-21)22-15-31-23(26-22)27-25-12-18-6-8-20(24)9-7-18/h3-9,11-12,15-17H,10,13-14H2,1-2H3,(H,26,27)/b25-12+. The first kappa shape index (κ1) is 22.9. The Balaban J connectivity index is 1.49. The third kappa shape index (κ3) is 5.38. The molecule has 0 spiro atoms. The van der Waals surface area contributed by atoms with E-state index in [0.717, 1.165) is 17.5 Å². The molecule has 9 heteroatoms. The number of sulfonamides is 1. The van der Waals surface area contributed by atoms with Crippen LogP contribution in [0.2, 0.25) is 5.02 Å². The van der Waals surface area contributed by atoms with E-state index >= 15 is 0 Å². The number of halogens is 1. The van der Waals surface area contributed by atoms with Crippen molar-refractivity contribution in [3.05, 3.63) is 64.5 Å². The van der Waals surface area contributed by atoms with Gasteiger partial charge in [-0.05, 0) is 48.1 Å². The lowest BCUT2D eigenvalue weighted by Gasteiger charge is -2.34. The Bertz CT molecular complexity index is 1200. The maximum atomic E-state index is 13.2. The molecule has 1 N–H and O–H groups in total. The van der Waals surface area contributed by atoms with E-state index in [-0.39, 0.29) is 0 Å². The highest BCUT2D eigenvalue weighted by Gasteiger charge is 2.31. The van der Waals surface area contributed by atoms with E-state index in [1.54, 1.807) is 40.9 Å². The van der Waals surface area contributed by atoms with E-state index in [9.17, 15) is 8.42 Å². The molecule has 1 fully saturated rings. The van der Waals surface area contributed by atoms with Crippen LogP contribution < -0.4 is 5.43 Å². The van der Waals surface area contributed by atoms with Crippen LogP contribution in [-0.4, -0.2) is 37.0 Å². The van der Waals surface area contributed by atoms with E-state index < -0.39 is 10.0 Å². The minimum atomic E-state index is -3.54. The normalized spacial score (nSPS) is 20.0. The second kappa shape index (κ2) is 9.70. The molecule has 2 atom stereocenters. The van der Waals surface area contributed by atoms with Gasteiger partial charge in [-0.2, -0.15) is 9.41 Å². The molecule has 1 aliphatic heterocycles. The summed E-state index contributed by atoms with van der Waals surface area (Å²) in [6.07, 6.45) is 2.74. The summed E-state index contributed by atoms with van der Waals surface area (Å²) in [5, 5.41) is 7.39. The van der Waals surface area contributed by atoms with Crippen LogP contribution in [0, 0.1) is 11.8 Å². The summed E-state index contributed by atoms with van der Waals surface area (Å²) in [4.78, 5) is 4.85. The first-order chi connectivity index (χ1) is 15.3. The first-order valence-electron chi connectivity index (χ1n) is 10.4. The second-order valence-corrected chi connectivity index (χ2v) is 11.5. The summed E-state index contributed by atoms with van der Waals surface area (Å²) in [7, 11) is -3.54. The van der Waals surface area contributed by atoms with Crippen LogP contribution in [0.15, 0.2) is 63.9 Å². The third-order valence-corrected chi connectivity index (χ3v) is 8.18. The number of hydrogen-bond acceptors (Lipinski definition) is 6. The Morgan fingerprint density at radius 3 is 2.59 bits per heavy atom. The zero-order valence-corrected chi connectivity index (χ0v) is 20.3. The average molecular weight is 489 g/mol. The van der Waals surface area contributed by atoms with Crippen LogP contribution in [0.25, 0.3) is 11.3 Å². The van der Waals surface area contributed by atoms with Gasteiger partial charge in [-0.3, -0.25) is 5.43 Å². The van der Waals surface area contributed by atoms with Gasteiger partial charge < -0.3 is 0 Å². The zero-order chi connectivity index (χ0) is 22.7. The molecule has 4 rings (SSSR count). The fourth-order valence-corrected chi connectivity index (χ4v) is 6.46. The molecule has 3 aromatic rings. The van der Waals surface area contributed by atoms with Crippen molar-refractivity contribution >= 4 is 44.3 Å². The van der Waals surface area contributed by atoms with Gasteiger partial charge in [-0.1, -0.05) is 49.7 Å². The maximum Gasteiger partial charge on any atom is 0.243 e. The zero-order valence-electron chi connectivity index (χ0n) is 17.9. The quantitative estimate of drug-likeness (QED) is 0.363. The first-order valence-corrected chi connectivity index (χ1v) is 13.1. The lowest BCUT2D eigenvalue weighted by molar-refractivity contribution is 0.222. The van der Waals surface area contributed by atoms with Gasteiger partial charge in [0.15, 0.2) is 0 Å². The van der Waals surface area contributed by atoms with Crippen molar-refractivity contribution in [2.24, 2.45) is 16.9 Å². The number of anilines is 1. The molecule has 1 saturated heterocycles. The highest BCUT2D eigenvalue weighted by Crippen LogP contribution is 2.30. The molecule has 1 aromatic heterocycles. The van der Waals surface area contributed by atoms with Crippen molar-refractivity contribution in [2.45, 2.75) is 25.2 Å². The summed E-state index contributed by atoms with van der Waals surface area (Å²) in [5.41, 5.74) is 5.30. The van der Waals surface area contributed by atoms with Gasteiger partial charge in [0.25, 0.3) is 0 Å². The monoisotopic (exact) mass is 488 g/mol. The minimum Gasteiger partial charge on any atom is -0.253 e. The lowest BCUT2D eigenvalue weighted by atomic mass is 9.94. The maximum absolute atomic E-state index is 13.2. The molecule has 2 heterocycles. The van der Waals surface area contributed by atoms with Crippen LogP contribution in [0.1, 0.15) is 25.8 Å². The molecule has 0 bridgehead atoms. The number of thiazole rings is 1. The summed E-state index contributed by atoms with van der Waals surface area (Å²) >= 11 is 7.30. The fourth-order valence-electron chi connectivity index (χ4n) is 3.94. The molecule has 6 nitrogen and oxygen atoms in total. The number of nitrogens with one attached hydrogen (secondary N) is 1. The van der Waals surface area contributed by atoms with E-state index in [1.165, 1.54) is 11.3 Å². The molecule has 2 unspecified atom stereocenters. The predicted molar refractivity (Wildman–Crippen MR) is 132 cm³/mol. The predicted octanol–water partition coefficient (Wildman–Crippen LogP) is 5.58. The fraction of sp³-hybridized carbons (Fsp3) is 0.304. The van der Waals surface area contributed by atoms with Crippen molar-refractivity contribution in [3.63, 3.8) is 0 Å². The smallest absolute Gasteiger partial charge is 0.243 e. The van der Waals surface area contributed by atoms with Crippen molar-refractivity contribution in [3.8, 4) is 11.3 Å². The largest absolute Gasteiger partial charge is 0.253 e. The Morgan fingerprint density at radius 1 is 1.16 bits per heavy atom. The molecular weight excluding hydrogens is 464 g/mol. The number of aromatic nitrogens is 1. The molecule has 0 amide bonds. The highest BCUT2D eigenvalue weighted by molar-refractivity contribution is 7.89. The molecule has 168 valence electrons. The average Bonchev–Trinajstić information content (AvgIpc) is 3.23. The summed E-state index contributed by atoms with van der Waals surface area (Å²) in [6.45, 7) is 5.34. The topological polar surface area (TPSA) is 74.7 Å². The van der Waals surface area contributed by atoms with Crippen molar-refractivity contribution in [1.82, 2.24) is 9.29 Å². The van der Waals surface area contributed by atoms with E-state index in [0.29, 0.717) is 45.7 Å². The van der Waals surface area contributed by atoms with E-state index in [2.05, 4.69) is 29.4 Å². The van der Waals surface area contributed by atoms with Gasteiger partial charge in [0.1, 0.15) is 0 Å². The van der Waals surface area contributed by atoms with Crippen molar-refractivity contribution in [2.75, 3.05) is 18.5 Å². The summed E-state index contributed by atoms with van der Waals surface area (Å²) in [6, 6.07) is 14.3. The Kier molecular flexibility index (Phi) is 6.95. The molecule has 0 saturated carbocycles. The molecule has 2 aromatic carbocycles. The van der Waals surface area contributed by atoms with Gasteiger partial charge in [0.05, 0.1) is 16.8 Å². The second-order valence-electron chi connectivity index (χ2n) is 8.26. The number of hydrazone groups is 1. The SMILES string of the molecule is CC1CC(C)CN(S(=O)(=O)c2cccc(-c3csc(N/N=C/c4ccc(Cl)cc4)n3)c2)C1. The van der Waals surface area contributed by atoms with Gasteiger partial charge >= 0.3 is 0 Å². The molecular formula is C23H25ClN4O2S2. The van der Waals surface area contributed by atoms with E-state index in [1.807, 2.05) is 23.6 Å². The van der Waals surface area contributed by atoms with Crippen molar-refractivity contribution in [1.29, 1.82) is 0 Å². The Labute approximate surface area is 198 Å². The molecule has 0 aliphatic carbocycles. The number of benzene rings is 2. The number of hydrogen-bond donors (Lipinski definition) is 1. The highest BCUT2D eigenvalue weighted by atomic mass is 35.5. The molecule has 1 aliphatic rings. The third-order valence-electron chi connectivity index (χ3n) is 5.35. The summed E-state index contributed by atoms with van der Waals surface area (Å²) < 4.78 is 28.1. The number of piperidine rings is 1.